The van der Waals surface area contributed by atoms with Crippen molar-refractivity contribution >= 4 is 21.8 Å². The van der Waals surface area contributed by atoms with Gasteiger partial charge in [-0.05, 0) is 37.1 Å². The molecule has 3 heteroatoms. The zero-order valence-electron chi connectivity index (χ0n) is 17.4. The van der Waals surface area contributed by atoms with Crippen molar-refractivity contribution in [2.24, 2.45) is 0 Å². The van der Waals surface area contributed by atoms with Gasteiger partial charge in [0.2, 0.25) is 0 Å². The zero-order chi connectivity index (χ0) is 19.4. The van der Waals surface area contributed by atoms with Gasteiger partial charge in [0, 0.05) is 0 Å². The summed E-state index contributed by atoms with van der Waals surface area (Å²) in [6.07, 6.45) is 2.03. The molecule has 0 atom stereocenters. The van der Waals surface area contributed by atoms with Crippen LogP contribution in [0, 0.1) is 12.1 Å². The topological polar surface area (TPSA) is 8.81 Å². The Balaban J connectivity index is 0.00000193. The molecule has 2 bridgehead atoms. The summed E-state index contributed by atoms with van der Waals surface area (Å²) in [6, 6.07) is 35.5. The molecular formula is C27H21LiN2. The maximum absolute atomic E-state index is 3.58. The van der Waals surface area contributed by atoms with E-state index in [9.17, 15) is 0 Å². The van der Waals surface area contributed by atoms with Crippen molar-refractivity contribution in [2.75, 3.05) is 0 Å². The molecule has 0 spiro atoms. The number of fused-ring (bicyclic) bond motifs is 2. The molecule has 2 nitrogen and oxygen atoms in total. The number of imidazole rings is 1. The van der Waals surface area contributed by atoms with Crippen LogP contribution >= 0.6 is 0 Å². The van der Waals surface area contributed by atoms with Gasteiger partial charge in [-0.1, -0.05) is 78.0 Å². The second-order valence-corrected chi connectivity index (χ2v) is 7.73. The van der Waals surface area contributed by atoms with Crippen molar-refractivity contribution < 1.29 is 23.4 Å². The second kappa shape index (κ2) is 7.40. The zero-order valence-corrected chi connectivity index (χ0v) is 17.4. The largest absolute Gasteiger partial charge is 1.00 e. The smallest absolute Gasteiger partial charge is 0.343 e. The van der Waals surface area contributed by atoms with Crippen molar-refractivity contribution in [3.8, 4) is 17.1 Å². The fraction of sp³-hybridized carbons (Fsp3) is 0.111. The van der Waals surface area contributed by atoms with Gasteiger partial charge >= 0.3 is 18.9 Å². The van der Waals surface area contributed by atoms with E-state index in [2.05, 4.69) is 107 Å². The van der Waals surface area contributed by atoms with E-state index in [0.29, 0.717) is 0 Å². The van der Waals surface area contributed by atoms with E-state index >= 15 is 0 Å². The van der Waals surface area contributed by atoms with Crippen LogP contribution in [0.3, 0.4) is 0 Å². The third kappa shape index (κ3) is 2.80. The first-order valence-electron chi connectivity index (χ1n) is 10.2. The van der Waals surface area contributed by atoms with Gasteiger partial charge in [0.1, 0.15) is 11.2 Å². The minimum Gasteiger partial charge on any atom is -0.343 e. The fourth-order valence-corrected chi connectivity index (χ4v) is 4.63. The summed E-state index contributed by atoms with van der Waals surface area (Å²) in [7, 11) is 0. The van der Waals surface area contributed by atoms with Crippen LogP contribution in [0.1, 0.15) is 18.9 Å². The maximum atomic E-state index is 3.58. The van der Waals surface area contributed by atoms with Crippen LogP contribution < -0.4 is 23.4 Å². The molecule has 2 heterocycles. The van der Waals surface area contributed by atoms with Crippen molar-refractivity contribution in [2.45, 2.75) is 19.8 Å². The van der Waals surface area contributed by atoms with Gasteiger partial charge in [-0.3, -0.25) is 0 Å². The summed E-state index contributed by atoms with van der Waals surface area (Å²) in [4.78, 5) is 0. The second-order valence-electron chi connectivity index (χ2n) is 7.73. The molecule has 0 fully saturated rings. The third-order valence-corrected chi connectivity index (χ3v) is 6.01. The van der Waals surface area contributed by atoms with Gasteiger partial charge in [0.05, 0.1) is 5.52 Å². The van der Waals surface area contributed by atoms with E-state index < -0.39 is 0 Å². The van der Waals surface area contributed by atoms with E-state index in [1.807, 2.05) is 0 Å². The first-order valence-corrected chi connectivity index (χ1v) is 10.2. The van der Waals surface area contributed by atoms with Crippen molar-refractivity contribution in [3.63, 3.8) is 0 Å². The van der Waals surface area contributed by atoms with Crippen molar-refractivity contribution in [3.05, 3.63) is 103 Å². The number of aromatic nitrogens is 2. The molecule has 1 aromatic heterocycles. The molecular weight excluding hydrogens is 359 g/mol. The predicted octanol–water partition coefficient (Wildman–Crippen LogP) is 2.89. The van der Waals surface area contributed by atoms with Gasteiger partial charge in [0.15, 0.2) is 5.82 Å². The average Bonchev–Trinajstić information content (AvgIpc) is 3.16. The minimum atomic E-state index is 0. The van der Waals surface area contributed by atoms with E-state index in [1.54, 1.807) is 0 Å². The van der Waals surface area contributed by atoms with Crippen LogP contribution in [0.25, 0.3) is 38.9 Å². The molecule has 0 aliphatic carbocycles. The number of para-hydroxylation sites is 1. The Kier molecular flexibility index (Phi) is 4.70. The molecule has 0 amide bonds. The summed E-state index contributed by atoms with van der Waals surface area (Å²) in [6.45, 7) is 2.26. The molecule has 1 aliphatic rings. The maximum Gasteiger partial charge on any atom is 1.00 e. The Hall–Kier alpha value is -2.92. The summed E-state index contributed by atoms with van der Waals surface area (Å²) in [5.41, 5.74) is 6.22. The molecule has 0 saturated heterocycles. The summed E-state index contributed by atoms with van der Waals surface area (Å²) < 4.78 is 4.86. The Morgan fingerprint density at radius 1 is 0.933 bits per heavy atom. The molecule has 0 N–H and O–H groups in total. The van der Waals surface area contributed by atoms with Gasteiger partial charge in [-0.15, -0.1) is 23.6 Å². The van der Waals surface area contributed by atoms with Gasteiger partial charge in [-0.25, -0.2) is 4.57 Å². The quantitative estimate of drug-likeness (QED) is 0.259. The van der Waals surface area contributed by atoms with E-state index in [0.717, 1.165) is 18.4 Å². The first kappa shape index (κ1) is 19.1. The minimum absolute atomic E-state index is 0. The van der Waals surface area contributed by atoms with E-state index in [4.69, 9.17) is 0 Å². The average molecular weight is 380 g/mol. The van der Waals surface area contributed by atoms with E-state index in [-0.39, 0.29) is 18.9 Å². The molecule has 30 heavy (non-hydrogen) atoms. The summed E-state index contributed by atoms with van der Waals surface area (Å²) in [5, 5.41) is 2.47. The van der Waals surface area contributed by atoms with Crippen LogP contribution in [0.5, 0.6) is 0 Å². The number of hydrogen-bond acceptors (Lipinski definition) is 0. The predicted molar refractivity (Wildman–Crippen MR) is 118 cm³/mol. The third-order valence-electron chi connectivity index (χ3n) is 6.01. The van der Waals surface area contributed by atoms with Crippen molar-refractivity contribution in [1.82, 2.24) is 4.57 Å². The van der Waals surface area contributed by atoms with E-state index in [1.165, 1.54) is 44.9 Å². The molecule has 0 radical (unpaired) electrons. The van der Waals surface area contributed by atoms with Gasteiger partial charge in [0.25, 0.3) is 0 Å². The van der Waals surface area contributed by atoms with Crippen LogP contribution in [0.4, 0.5) is 0 Å². The van der Waals surface area contributed by atoms with Crippen LogP contribution in [0.15, 0.2) is 84.9 Å². The van der Waals surface area contributed by atoms with Crippen LogP contribution in [0.2, 0.25) is 0 Å². The summed E-state index contributed by atoms with van der Waals surface area (Å²) >= 11 is 0. The molecule has 6 rings (SSSR count). The molecule has 4 aromatic carbocycles. The fourth-order valence-electron chi connectivity index (χ4n) is 4.63. The molecule has 5 aromatic rings. The van der Waals surface area contributed by atoms with Crippen LogP contribution in [-0.4, -0.2) is 4.57 Å². The van der Waals surface area contributed by atoms with Gasteiger partial charge in [-0.2, -0.15) is 0 Å². The Labute approximate surface area is 189 Å². The normalized spacial score (nSPS) is 12.5. The number of nitrogens with zero attached hydrogens (tertiary/aromatic N) is 2. The number of benzene rings is 4. The standard InChI is InChI=1S/C27H21N2.Li/c1-2-23-16-19-12-15-25-26(17-19)28(23)27(29(25)24-10-4-3-5-11-24)22-14-13-20-8-6-7-9-21(20)18-22;/h3-13,15,17-18H,2,16H2,1H3;/q-1;+1. The molecule has 0 unspecified atom stereocenters. The Bertz CT molecular complexity index is 1370. The Morgan fingerprint density at radius 2 is 1.70 bits per heavy atom. The van der Waals surface area contributed by atoms with Crippen LogP contribution in [-0.2, 0) is 6.42 Å². The first-order chi connectivity index (χ1) is 14.3. The number of rotatable bonds is 3. The van der Waals surface area contributed by atoms with Gasteiger partial charge < -0.3 is 4.57 Å². The molecule has 140 valence electrons. The molecule has 0 saturated carbocycles. The Morgan fingerprint density at radius 3 is 2.50 bits per heavy atom. The number of hydrogen-bond donors (Lipinski definition) is 0. The monoisotopic (exact) mass is 380 g/mol. The SMILES string of the molecule is CC[C-]1Cc2ccc3c(c2)[n+]1c(-c1[c-]cc2ccccc2c1)n3-c1ccccc1.[Li+]. The molecule has 1 aliphatic heterocycles. The van der Waals surface area contributed by atoms with Crippen molar-refractivity contribution in [1.29, 1.82) is 0 Å². The summed E-state index contributed by atoms with van der Waals surface area (Å²) in [5.74, 6) is 1.19.